The average molecular weight is 232 g/mol. The van der Waals surface area contributed by atoms with Crippen LogP contribution in [0.3, 0.4) is 0 Å². The highest BCUT2D eigenvalue weighted by Crippen LogP contribution is 2.34. The van der Waals surface area contributed by atoms with E-state index in [1.54, 1.807) is 18.2 Å². The largest absolute Gasteiger partial charge is 0.454 e. The van der Waals surface area contributed by atoms with E-state index in [1.165, 1.54) is 0 Å². The Morgan fingerprint density at radius 2 is 2.29 bits per heavy atom. The van der Waals surface area contributed by atoms with Crippen LogP contribution in [0.4, 0.5) is 5.69 Å². The molecule has 88 valence electrons. The summed E-state index contributed by atoms with van der Waals surface area (Å²) in [6, 6.07) is 4.42. The molecule has 0 bridgehead atoms. The molecule has 3 N–H and O–H groups in total. The van der Waals surface area contributed by atoms with Crippen LogP contribution in [0.1, 0.15) is 6.42 Å². The quantitative estimate of drug-likeness (QED) is 0.752. The third-order valence-electron chi connectivity index (χ3n) is 2.31. The van der Waals surface area contributed by atoms with Gasteiger partial charge in [0, 0.05) is 18.2 Å². The number of ether oxygens (including phenoxy) is 2. The molecule has 1 aromatic carbocycles. The normalized spacial score (nSPS) is 13.9. The Hall–Kier alpha value is -2.19. The number of nitrogens with two attached hydrogens (primary N) is 1. The molecule has 1 aromatic rings. The summed E-state index contributed by atoms with van der Waals surface area (Å²) in [5, 5.41) is 2.66. The van der Waals surface area contributed by atoms with Crippen molar-refractivity contribution < 1.29 is 14.3 Å². The van der Waals surface area contributed by atoms with Gasteiger partial charge in [-0.1, -0.05) is 0 Å². The Morgan fingerprint density at radius 3 is 3.06 bits per heavy atom. The number of hydrogen-bond donors (Lipinski definition) is 2. The van der Waals surface area contributed by atoms with Crippen LogP contribution in [0.5, 0.6) is 11.5 Å². The Balaban J connectivity index is 2.04. The Kier molecular flexibility index (Phi) is 3.17. The molecule has 0 saturated carbocycles. The Bertz CT molecular complexity index is 479. The zero-order valence-corrected chi connectivity index (χ0v) is 9.10. The van der Waals surface area contributed by atoms with E-state index in [0.29, 0.717) is 17.2 Å². The molecule has 0 radical (unpaired) electrons. The molecule has 17 heavy (non-hydrogen) atoms. The lowest BCUT2D eigenvalue weighted by Gasteiger charge is -2.09. The number of rotatable bonds is 3. The predicted molar refractivity (Wildman–Crippen MR) is 62.6 cm³/mol. The standard InChI is InChI=1S/C12H12N2O3/c1-2-3-9(13)12(15)14-8-4-5-10-11(6-8)17-7-16-10/h1,4-6,9H,3,7,13H2,(H,14,15). The fourth-order valence-corrected chi connectivity index (χ4v) is 1.43. The monoisotopic (exact) mass is 232 g/mol. The lowest BCUT2D eigenvalue weighted by molar-refractivity contribution is -0.117. The number of fused-ring (bicyclic) bond motifs is 1. The number of benzene rings is 1. The highest BCUT2D eigenvalue weighted by atomic mass is 16.7. The van der Waals surface area contributed by atoms with Crippen LogP contribution in [0.2, 0.25) is 0 Å². The van der Waals surface area contributed by atoms with Gasteiger partial charge in [-0.3, -0.25) is 4.79 Å². The molecule has 0 spiro atoms. The van der Waals surface area contributed by atoms with Gasteiger partial charge in [-0.15, -0.1) is 12.3 Å². The van der Waals surface area contributed by atoms with Gasteiger partial charge in [-0.25, -0.2) is 0 Å². The van der Waals surface area contributed by atoms with Crippen molar-refractivity contribution in [2.75, 3.05) is 12.1 Å². The lowest BCUT2D eigenvalue weighted by atomic mass is 10.2. The summed E-state index contributed by atoms with van der Waals surface area (Å²) in [7, 11) is 0. The third-order valence-corrected chi connectivity index (χ3v) is 2.31. The van der Waals surface area contributed by atoms with Gasteiger partial charge in [0.2, 0.25) is 12.7 Å². The van der Waals surface area contributed by atoms with Crippen molar-refractivity contribution in [3.05, 3.63) is 18.2 Å². The molecule has 1 amide bonds. The number of carbonyl (C=O) groups excluding carboxylic acids is 1. The van der Waals surface area contributed by atoms with E-state index < -0.39 is 6.04 Å². The maximum atomic E-state index is 11.6. The van der Waals surface area contributed by atoms with Crippen molar-refractivity contribution in [1.29, 1.82) is 0 Å². The van der Waals surface area contributed by atoms with Gasteiger partial charge in [0.1, 0.15) is 0 Å². The molecule has 0 saturated heterocycles. The minimum atomic E-state index is -0.703. The first kappa shape index (κ1) is 11.3. The van der Waals surface area contributed by atoms with Crippen molar-refractivity contribution in [2.45, 2.75) is 12.5 Å². The molecule has 5 heteroatoms. The van der Waals surface area contributed by atoms with E-state index in [2.05, 4.69) is 11.2 Å². The summed E-state index contributed by atoms with van der Waals surface area (Å²) in [6.07, 6.45) is 5.29. The smallest absolute Gasteiger partial charge is 0.242 e. The van der Waals surface area contributed by atoms with Crippen LogP contribution in [0, 0.1) is 12.3 Å². The summed E-state index contributed by atoms with van der Waals surface area (Å²) in [6.45, 7) is 0.198. The molecule has 1 heterocycles. The van der Waals surface area contributed by atoms with E-state index in [1.807, 2.05) is 0 Å². The maximum Gasteiger partial charge on any atom is 0.242 e. The van der Waals surface area contributed by atoms with Crippen LogP contribution in [0.25, 0.3) is 0 Å². The summed E-state index contributed by atoms with van der Waals surface area (Å²) in [5.74, 6) is 3.30. The molecule has 0 fully saturated rings. The van der Waals surface area contributed by atoms with Gasteiger partial charge in [0.05, 0.1) is 6.04 Å². The Morgan fingerprint density at radius 1 is 1.53 bits per heavy atom. The molecular formula is C12H12N2O3. The van der Waals surface area contributed by atoms with Gasteiger partial charge in [-0.2, -0.15) is 0 Å². The van der Waals surface area contributed by atoms with E-state index in [9.17, 15) is 4.79 Å². The SMILES string of the molecule is C#CCC(N)C(=O)Nc1ccc2c(c1)OCO2. The van der Waals surface area contributed by atoms with Gasteiger partial charge in [0.25, 0.3) is 0 Å². The van der Waals surface area contributed by atoms with Gasteiger partial charge in [-0.05, 0) is 12.1 Å². The summed E-state index contributed by atoms with van der Waals surface area (Å²) in [5.41, 5.74) is 6.18. The van der Waals surface area contributed by atoms with Crippen LogP contribution in [0.15, 0.2) is 18.2 Å². The van der Waals surface area contributed by atoms with E-state index in [-0.39, 0.29) is 19.1 Å². The molecule has 1 aliphatic heterocycles. The number of anilines is 1. The summed E-state index contributed by atoms with van der Waals surface area (Å²) in [4.78, 5) is 11.6. The lowest BCUT2D eigenvalue weighted by Crippen LogP contribution is -2.35. The highest BCUT2D eigenvalue weighted by Gasteiger charge is 2.16. The number of carbonyl (C=O) groups is 1. The number of nitrogens with one attached hydrogen (secondary N) is 1. The predicted octanol–water partition coefficient (Wildman–Crippen LogP) is 0.704. The van der Waals surface area contributed by atoms with Crippen LogP contribution in [-0.4, -0.2) is 18.7 Å². The number of amides is 1. The average Bonchev–Trinajstić information content (AvgIpc) is 2.76. The molecule has 1 aliphatic rings. The molecule has 0 aromatic heterocycles. The van der Waals surface area contributed by atoms with Crippen LogP contribution >= 0.6 is 0 Å². The van der Waals surface area contributed by atoms with E-state index in [0.717, 1.165) is 0 Å². The highest BCUT2D eigenvalue weighted by molar-refractivity contribution is 5.95. The second kappa shape index (κ2) is 4.76. The summed E-state index contributed by atoms with van der Waals surface area (Å²) >= 11 is 0. The van der Waals surface area contributed by atoms with Gasteiger partial charge >= 0.3 is 0 Å². The molecule has 1 unspecified atom stereocenters. The summed E-state index contributed by atoms with van der Waals surface area (Å²) < 4.78 is 10.3. The van der Waals surface area contributed by atoms with Gasteiger partial charge < -0.3 is 20.5 Å². The first-order valence-electron chi connectivity index (χ1n) is 5.10. The van der Waals surface area contributed by atoms with Crippen LogP contribution in [-0.2, 0) is 4.79 Å². The maximum absolute atomic E-state index is 11.6. The minimum absolute atomic E-state index is 0.198. The zero-order valence-electron chi connectivity index (χ0n) is 9.10. The second-order valence-electron chi connectivity index (χ2n) is 3.57. The minimum Gasteiger partial charge on any atom is -0.454 e. The molecular weight excluding hydrogens is 220 g/mol. The van der Waals surface area contributed by atoms with Crippen molar-refractivity contribution in [3.8, 4) is 23.8 Å². The van der Waals surface area contributed by atoms with Crippen molar-refractivity contribution in [1.82, 2.24) is 0 Å². The Labute approximate surface area is 98.9 Å². The van der Waals surface area contributed by atoms with Gasteiger partial charge in [0.15, 0.2) is 11.5 Å². The molecule has 5 nitrogen and oxygen atoms in total. The second-order valence-corrected chi connectivity index (χ2v) is 3.57. The first-order valence-corrected chi connectivity index (χ1v) is 5.10. The fraction of sp³-hybridized carbons (Fsp3) is 0.250. The van der Waals surface area contributed by atoms with Crippen molar-refractivity contribution in [3.63, 3.8) is 0 Å². The third kappa shape index (κ3) is 2.49. The molecule has 2 rings (SSSR count). The van der Waals surface area contributed by atoms with E-state index in [4.69, 9.17) is 21.6 Å². The van der Waals surface area contributed by atoms with Crippen LogP contribution < -0.4 is 20.5 Å². The first-order chi connectivity index (χ1) is 8.20. The molecule has 0 aliphatic carbocycles. The molecule has 1 atom stereocenters. The topological polar surface area (TPSA) is 73.6 Å². The van der Waals surface area contributed by atoms with E-state index >= 15 is 0 Å². The fourth-order valence-electron chi connectivity index (χ4n) is 1.43. The zero-order chi connectivity index (χ0) is 12.3. The number of terminal acetylenes is 1. The number of hydrogen-bond acceptors (Lipinski definition) is 4. The van der Waals surface area contributed by atoms with Crippen molar-refractivity contribution in [2.24, 2.45) is 5.73 Å². The van der Waals surface area contributed by atoms with Crippen molar-refractivity contribution >= 4 is 11.6 Å².